The standard InChI is InChI=1S/C15H21F2NO4S/c1-2-3-13-12(4-7-22-13)15(19)18(10-14(16)17)11-5-8-23(20,21)9-6-11/h4,7,11,14H,2-3,5-6,8-10H2,1H3. The van der Waals surface area contributed by atoms with Crippen molar-refractivity contribution in [2.75, 3.05) is 18.1 Å². The Morgan fingerprint density at radius 1 is 1.39 bits per heavy atom. The predicted octanol–water partition coefficient (Wildman–Crippen LogP) is 2.52. The normalized spacial score (nSPS) is 18.3. The second-order valence-electron chi connectivity index (χ2n) is 5.74. The van der Waals surface area contributed by atoms with Crippen LogP contribution in [0.3, 0.4) is 0 Å². The van der Waals surface area contributed by atoms with E-state index in [1.807, 2.05) is 6.92 Å². The Hall–Kier alpha value is -1.44. The zero-order valence-electron chi connectivity index (χ0n) is 13.0. The molecule has 1 aliphatic rings. The van der Waals surface area contributed by atoms with Crippen LogP contribution in [0.2, 0.25) is 0 Å². The highest BCUT2D eigenvalue weighted by Crippen LogP contribution is 2.23. The van der Waals surface area contributed by atoms with Crippen molar-refractivity contribution in [3.05, 3.63) is 23.7 Å². The summed E-state index contributed by atoms with van der Waals surface area (Å²) in [5.41, 5.74) is 0.293. The van der Waals surface area contributed by atoms with E-state index in [1.54, 1.807) is 0 Å². The number of alkyl halides is 2. The summed E-state index contributed by atoms with van der Waals surface area (Å²) < 4.78 is 54.1. The lowest BCUT2D eigenvalue weighted by Gasteiger charge is -2.34. The van der Waals surface area contributed by atoms with E-state index in [0.29, 0.717) is 17.7 Å². The summed E-state index contributed by atoms with van der Waals surface area (Å²) in [5.74, 6) is -0.164. The van der Waals surface area contributed by atoms with Crippen LogP contribution in [0, 0.1) is 0 Å². The average molecular weight is 349 g/mol. The molecule has 0 atom stereocenters. The first-order chi connectivity index (χ1) is 10.8. The van der Waals surface area contributed by atoms with Gasteiger partial charge in [-0.3, -0.25) is 4.79 Å². The fourth-order valence-corrected chi connectivity index (χ4v) is 4.31. The first-order valence-corrected chi connectivity index (χ1v) is 9.52. The van der Waals surface area contributed by atoms with Crippen molar-refractivity contribution >= 4 is 15.7 Å². The summed E-state index contributed by atoms with van der Waals surface area (Å²) in [5, 5.41) is 0. The van der Waals surface area contributed by atoms with Crippen LogP contribution in [-0.4, -0.2) is 49.7 Å². The number of halogens is 2. The van der Waals surface area contributed by atoms with Gasteiger partial charge in [-0.05, 0) is 25.3 Å². The first kappa shape index (κ1) is 17.9. The Morgan fingerprint density at radius 3 is 2.61 bits per heavy atom. The van der Waals surface area contributed by atoms with Crippen LogP contribution in [0.1, 0.15) is 42.3 Å². The van der Waals surface area contributed by atoms with Gasteiger partial charge in [-0.15, -0.1) is 0 Å². The van der Waals surface area contributed by atoms with Gasteiger partial charge in [0.25, 0.3) is 12.3 Å². The van der Waals surface area contributed by atoms with Crippen LogP contribution in [0.5, 0.6) is 0 Å². The number of hydrogen-bond donors (Lipinski definition) is 0. The molecule has 0 bridgehead atoms. The molecule has 2 rings (SSSR count). The fraction of sp³-hybridized carbons (Fsp3) is 0.667. The van der Waals surface area contributed by atoms with Crippen molar-refractivity contribution in [3.8, 4) is 0 Å². The highest BCUT2D eigenvalue weighted by molar-refractivity contribution is 7.91. The van der Waals surface area contributed by atoms with Gasteiger partial charge in [0.2, 0.25) is 0 Å². The van der Waals surface area contributed by atoms with E-state index in [0.717, 1.165) is 11.3 Å². The number of carbonyl (C=O) groups is 1. The molecule has 1 amide bonds. The summed E-state index contributed by atoms with van der Waals surface area (Å²) in [4.78, 5) is 13.8. The van der Waals surface area contributed by atoms with Gasteiger partial charge in [0.05, 0.1) is 29.9 Å². The lowest BCUT2D eigenvalue weighted by molar-refractivity contribution is 0.0417. The van der Waals surface area contributed by atoms with Gasteiger partial charge in [0, 0.05) is 12.5 Å². The minimum atomic E-state index is -3.12. The van der Waals surface area contributed by atoms with Crippen molar-refractivity contribution in [3.63, 3.8) is 0 Å². The molecule has 0 aromatic carbocycles. The summed E-state index contributed by atoms with van der Waals surface area (Å²) in [6.45, 7) is 1.24. The van der Waals surface area contributed by atoms with Crippen molar-refractivity contribution in [1.29, 1.82) is 0 Å². The molecule has 1 saturated heterocycles. The quantitative estimate of drug-likeness (QED) is 0.791. The molecule has 0 aliphatic carbocycles. The number of hydrogen-bond acceptors (Lipinski definition) is 4. The van der Waals surface area contributed by atoms with Gasteiger partial charge in [0.1, 0.15) is 15.6 Å². The van der Waals surface area contributed by atoms with Crippen LogP contribution >= 0.6 is 0 Å². The highest BCUT2D eigenvalue weighted by atomic mass is 32.2. The zero-order chi connectivity index (χ0) is 17.0. The molecule has 5 nitrogen and oxygen atoms in total. The molecule has 0 unspecified atom stereocenters. The van der Waals surface area contributed by atoms with Crippen LogP contribution < -0.4 is 0 Å². The molecule has 0 radical (unpaired) electrons. The second kappa shape index (κ2) is 7.42. The number of furan rings is 1. The van der Waals surface area contributed by atoms with Crippen molar-refractivity contribution in [2.24, 2.45) is 0 Å². The average Bonchev–Trinajstić information content (AvgIpc) is 2.93. The molecule has 1 aromatic heterocycles. The Balaban J connectivity index is 2.20. The molecule has 0 N–H and O–H groups in total. The number of aryl methyl sites for hydroxylation is 1. The van der Waals surface area contributed by atoms with E-state index in [2.05, 4.69) is 0 Å². The number of carbonyl (C=O) groups excluding carboxylic acids is 1. The maximum absolute atomic E-state index is 12.9. The van der Waals surface area contributed by atoms with Crippen molar-refractivity contribution in [1.82, 2.24) is 4.90 Å². The molecule has 0 saturated carbocycles. The van der Waals surface area contributed by atoms with Crippen molar-refractivity contribution in [2.45, 2.75) is 45.1 Å². The third kappa shape index (κ3) is 4.53. The molecule has 130 valence electrons. The first-order valence-electron chi connectivity index (χ1n) is 7.70. The van der Waals surface area contributed by atoms with Crippen LogP contribution in [-0.2, 0) is 16.3 Å². The Bertz CT molecular complexity index is 628. The van der Waals surface area contributed by atoms with E-state index < -0.39 is 34.8 Å². The number of amides is 1. The fourth-order valence-electron chi connectivity index (χ4n) is 2.84. The molecule has 1 aliphatic heterocycles. The minimum absolute atomic E-state index is 0.0715. The molecule has 23 heavy (non-hydrogen) atoms. The maximum atomic E-state index is 12.9. The molecular weight excluding hydrogens is 328 g/mol. The van der Waals surface area contributed by atoms with E-state index in [4.69, 9.17) is 4.42 Å². The largest absolute Gasteiger partial charge is 0.469 e. The van der Waals surface area contributed by atoms with Gasteiger partial charge < -0.3 is 9.32 Å². The monoisotopic (exact) mass is 349 g/mol. The predicted molar refractivity (Wildman–Crippen MR) is 81.4 cm³/mol. The van der Waals surface area contributed by atoms with E-state index in [1.165, 1.54) is 12.3 Å². The maximum Gasteiger partial charge on any atom is 0.257 e. The summed E-state index contributed by atoms with van der Waals surface area (Å²) in [6, 6.07) is 1.01. The topological polar surface area (TPSA) is 67.6 Å². The van der Waals surface area contributed by atoms with Gasteiger partial charge >= 0.3 is 0 Å². The second-order valence-corrected chi connectivity index (χ2v) is 8.04. The lowest BCUT2D eigenvalue weighted by Crippen LogP contribution is -2.47. The van der Waals surface area contributed by atoms with Crippen LogP contribution in [0.15, 0.2) is 16.7 Å². The summed E-state index contributed by atoms with van der Waals surface area (Å²) >= 11 is 0. The highest BCUT2D eigenvalue weighted by Gasteiger charge is 2.33. The van der Waals surface area contributed by atoms with Crippen molar-refractivity contribution < 1.29 is 26.4 Å². The Labute approximate surface area is 134 Å². The molecule has 1 aromatic rings. The summed E-state index contributed by atoms with van der Waals surface area (Å²) in [6.07, 6.45) is 0.423. The number of rotatable bonds is 6. The Kier molecular flexibility index (Phi) is 5.78. The smallest absolute Gasteiger partial charge is 0.257 e. The molecule has 0 spiro atoms. The van der Waals surface area contributed by atoms with Gasteiger partial charge in [-0.25, -0.2) is 17.2 Å². The third-order valence-corrected chi connectivity index (χ3v) is 5.73. The molecular formula is C15H21F2NO4S. The SMILES string of the molecule is CCCc1occc1C(=O)N(CC(F)F)C1CCS(=O)(=O)CC1. The van der Waals surface area contributed by atoms with E-state index in [-0.39, 0.29) is 24.3 Å². The minimum Gasteiger partial charge on any atom is -0.469 e. The lowest BCUT2D eigenvalue weighted by atomic mass is 10.1. The van der Waals surface area contributed by atoms with Gasteiger partial charge in [-0.2, -0.15) is 0 Å². The zero-order valence-corrected chi connectivity index (χ0v) is 13.8. The number of nitrogens with zero attached hydrogens (tertiary/aromatic N) is 1. The molecule has 2 heterocycles. The molecule has 8 heteroatoms. The Morgan fingerprint density at radius 2 is 2.04 bits per heavy atom. The summed E-state index contributed by atoms with van der Waals surface area (Å²) in [7, 11) is -3.12. The van der Waals surface area contributed by atoms with Crippen LogP contribution in [0.4, 0.5) is 8.78 Å². The molecule has 1 fully saturated rings. The van der Waals surface area contributed by atoms with Gasteiger partial charge in [-0.1, -0.05) is 6.92 Å². The number of sulfone groups is 1. The van der Waals surface area contributed by atoms with Crippen LogP contribution in [0.25, 0.3) is 0 Å². The van der Waals surface area contributed by atoms with E-state index >= 15 is 0 Å². The third-order valence-electron chi connectivity index (χ3n) is 4.01. The van der Waals surface area contributed by atoms with Gasteiger partial charge in [0.15, 0.2) is 0 Å². The van der Waals surface area contributed by atoms with E-state index in [9.17, 15) is 22.0 Å².